The minimum atomic E-state index is -0.640. The van der Waals surface area contributed by atoms with E-state index in [1.807, 2.05) is 54.6 Å². The monoisotopic (exact) mass is 473 g/mol. The van der Waals surface area contributed by atoms with Crippen molar-refractivity contribution in [3.63, 3.8) is 0 Å². The number of benzene rings is 2. The summed E-state index contributed by atoms with van der Waals surface area (Å²) in [4.78, 5) is 31.8. The summed E-state index contributed by atoms with van der Waals surface area (Å²) in [5, 5.41) is 3.18. The number of hydrogen-bond donors (Lipinski definition) is 2. The quantitative estimate of drug-likeness (QED) is 0.512. The second-order valence-corrected chi connectivity index (χ2v) is 9.29. The van der Waals surface area contributed by atoms with Gasteiger partial charge in [-0.05, 0) is 55.2 Å². The first-order valence-electron chi connectivity index (χ1n) is 12.3. The molecule has 0 spiro atoms. The molecule has 0 bridgehead atoms. The molecule has 2 amide bonds. The van der Waals surface area contributed by atoms with Gasteiger partial charge in [-0.25, -0.2) is 0 Å². The first kappa shape index (κ1) is 23.0. The number of rotatable bonds is 7. The highest BCUT2D eigenvalue weighted by atomic mass is 16.7. The van der Waals surface area contributed by atoms with Gasteiger partial charge in [0, 0.05) is 18.3 Å². The molecule has 182 valence electrons. The molecular weight excluding hydrogens is 442 g/mol. The highest BCUT2D eigenvalue weighted by molar-refractivity contribution is 5.97. The maximum Gasteiger partial charge on any atom is 0.271 e. The van der Waals surface area contributed by atoms with Gasteiger partial charge < -0.3 is 24.7 Å². The summed E-state index contributed by atoms with van der Waals surface area (Å²) < 4.78 is 10.9. The number of carbonyl (C=O) groups excluding carboxylic acids is 2. The van der Waals surface area contributed by atoms with Crippen LogP contribution in [0, 0.1) is 0 Å². The molecule has 7 heteroatoms. The van der Waals surface area contributed by atoms with Gasteiger partial charge in [0.15, 0.2) is 11.5 Å². The molecule has 0 saturated heterocycles. The zero-order valence-corrected chi connectivity index (χ0v) is 20.0. The van der Waals surface area contributed by atoms with E-state index >= 15 is 0 Å². The van der Waals surface area contributed by atoms with E-state index in [1.54, 1.807) is 17.9 Å². The van der Waals surface area contributed by atoms with E-state index in [0.29, 0.717) is 17.2 Å². The molecular formula is C28H31N3O4. The number of ether oxygens (including phenoxy) is 2. The lowest BCUT2D eigenvalue weighted by Crippen LogP contribution is -2.50. The Morgan fingerprint density at radius 1 is 1.00 bits per heavy atom. The Bertz CT molecular complexity index is 1180. The first-order chi connectivity index (χ1) is 17.1. The fourth-order valence-corrected chi connectivity index (χ4v) is 4.79. The minimum Gasteiger partial charge on any atom is -0.454 e. The molecule has 2 heterocycles. The van der Waals surface area contributed by atoms with Crippen molar-refractivity contribution < 1.29 is 19.1 Å². The van der Waals surface area contributed by atoms with E-state index in [4.69, 9.17) is 9.47 Å². The molecule has 1 aromatic heterocycles. The lowest BCUT2D eigenvalue weighted by Gasteiger charge is -2.31. The number of nitrogens with zero attached hydrogens (tertiary/aromatic N) is 1. The maximum atomic E-state index is 13.7. The van der Waals surface area contributed by atoms with Crippen molar-refractivity contribution in [3.05, 3.63) is 71.9 Å². The second kappa shape index (κ2) is 10.3. The molecule has 1 aliphatic heterocycles. The molecule has 1 fully saturated rings. The van der Waals surface area contributed by atoms with Crippen LogP contribution in [0.2, 0.25) is 0 Å². The van der Waals surface area contributed by atoms with Crippen LogP contribution < -0.4 is 14.8 Å². The van der Waals surface area contributed by atoms with Gasteiger partial charge in [-0.1, -0.05) is 55.7 Å². The van der Waals surface area contributed by atoms with Gasteiger partial charge >= 0.3 is 0 Å². The molecule has 2 aromatic carbocycles. The van der Waals surface area contributed by atoms with E-state index < -0.39 is 6.04 Å². The van der Waals surface area contributed by atoms with Crippen LogP contribution in [-0.4, -0.2) is 40.6 Å². The average molecular weight is 474 g/mol. The van der Waals surface area contributed by atoms with Crippen LogP contribution in [0.1, 0.15) is 55.1 Å². The number of carbonyl (C=O) groups is 2. The molecule has 2 aliphatic rings. The summed E-state index contributed by atoms with van der Waals surface area (Å²) in [6.07, 6.45) is 5.46. The van der Waals surface area contributed by atoms with E-state index in [0.717, 1.165) is 42.5 Å². The largest absolute Gasteiger partial charge is 0.454 e. The number of nitrogens with one attached hydrogen (secondary N) is 2. The smallest absolute Gasteiger partial charge is 0.271 e. The number of fused-ring (bicyclic) bond motifs is 1. The van der Waals surface area contributed by atoms with Crippen molar-refractivity contribution in [2.45, 2.75) is 57.7 Å². The van der Waals surface area contributed by atoms with Crippen molar-refractivity contribution in [3.8, 4) is 22.8 Å². The van der Waals surface area contributed by atoms with Gasteiger partial charge in [-0.2, -0.15) is 0 Å². The summed E-state index contributed by atoms with van der Waals surface area (Å²) in [5.41, 5.74) is 3.17. The fraction of sp³-hybridized carbons (Fsp3) is 0.357. The molecule has 0 radical (unpaired) electrons. The molecule has 35 heavy (non-hydrogen) atoms. The number of aromatic amines is 1. The summed E-state index contributed by atoms with van der Waals surface area (Å²) in [5.74, 6) is 0.990. The Balaban J connectivity index is 1.39. The Morgan fingerprint density at radius 2 is 1.77 bits per heavy atom. The van der Waals surface area contributed by atoms with Crippen LogP contribution >= 0.6 is 0 Å². The zero-order chi connectivity index (χ0) is 24.2. The first-order valence-corrected chi connectivity index (χ1v) is 12.3. The third-order valence-corrected chi connectivity index (χ3v) is 6.85. The number of hydrogen-bond acceptors (Lipinski definition) is 4. The highest BCUT2D eigenvalue weighted by Crippen LogP contribution is 2.33. The third kappa shape index (κ3) is 5.19. The predicted molar refractivity (Wildman–Crippen MR) is 133 cm³/mol. The molecule has 7 nitrogen and oxygen atoms in total. The van der Waals surface area contributed by atoms with Crippen molar-refractivity contribution in [2.75, 3.05) is 6.79 Å². The van der Waals surface area contributed by atoms with Crippen LogP contribution in [0.5, 0.6) is 11.5 Å². The van der Waals surface area contributed by atoms with Crippen molar-refractivity contribution in [1.82, 2.24) is 15.2 Å². The summed E-state index contributed by atoms with van der Waals surface area (Å²) in [6, 6.07) is 18.7. The minimum absolute atomic E-state index is 0.124. The normalized spacial score (nSPS) is 16.0. The summed E-state index contributed by atoms with van der Waals surface area (Å²) >= 11 is 0. The van der Waals surface area contributed by atoms with Crippen LogP contribution in [0.25, 0.3) is 11.3 Å². The van der Waals surface area contributed by atoms with E-state index in [-0.39, 0.29) is 31.2 Å². The predicted octanol–water partition coefficient (Wildman–Crippen LogP) is 4.89. The zero-order valence-electron chi connectivity index (χ0n) is 20.0. The van der Waals surface area contributed by atoms with Gasteiger partial charge in [0.1, 0.15) is 11.7 Å². The highest BCUT2D eigenvalue weighted by Gasteiger charge is 2.30. The van der Waals surface area contributed by atoms with Gasteiger partial charge in [0.05, 0.1) is 0 Å². The molecule has 5 rings (SSSR count). The number of amides is 2. The lowest BCUT2D eigenvalue weighted by atomic mass is 9.95. The SMILES string of the molecule is CC(C(=O)NC1CCCCC1)N(Cc1ccc2c(c1)OCO2)C(=O)c1ccc(-c2ccccc2)[nH]1. The van der Waals surface area contributed by atoms with Gasteiger partial charge in [0.2, 0.25) is 12.7 Å². The Kier molecular flexibility index (Phi) is 6.75. The van der Waals surface area contributed by atoms with Crippen molar-refractivity contribution >= 4 is 11.8 Å². The molecule has 2 N–H and O–H groups in total. The van der Waals surface area contributed by atoms with Crippen LogP contribution in [0.15, 0.2) is 60.7 Å². The molecule has 3 aromatic rings. The van der Waals surface area contributed by atoms with Crippen molar-refractivity contribution in [1.29, 1.82) is 0 Å². The van der Waals surface area contributed by atoms with Crippen LogP contribution in [-0.2, 0) is 11.3 Å². The molecule has 1 unspecified atom stereocenters. The number of H-pyrrole nitrogens is 1. The third-order valence-electron chi connectivity index (χ3n) is 6.85. The topological polar surface area (TPSA) is 83.7 Å². The number of aromatic nitrogens is 1. The fourth-order valence-electron chi connectivity index (χ4n) is 4.79. The maximum absolute atomic E-state index is 13.7. The molecule has 1 atom stereocenters. The standard InChI is InChI=1S/C28H31N3O4/c1-19(27(32)29-22-10-6-3-7-11-22)31(17-20-12-15-25-26(16-20)35-18-34-25)28(33)24-14-13-23(30-24)21-8-4-2-5-9-21/h2,4-5,8-9,12-16,19,22,30H,3,6-7,10-11,17-18H2,1H3,(H,29,32). The summed E-state index contributed by atoms with van der Waals surface area (Å²) in [6.45, 7) is 2.25. The van der Waals surface area contributed by atoms with E-state index in [2.05, 4.69) is 10.3 Å². The van der Waals surface area contributed by atoms with Crippen molar-refractivity contribution in [2.24, 2.45) is 0 Å². The Hall–Kier alpha value is -3.74. The van der Waals surface area contributed by atoms with Gasteiger partial charge in [0.25, 0.3) is 5.91 Å². The van der Waals surface area contributed by atoms with E-state index in [9.17, 15) is 9.59 Å². The average Bonchev–Trinajstić information content (AvgIpc) is 3.57. The van der Waals surface area contributed by atoms with Crippen LogP contribution in [0.3, 0.4) is 0 Å². The van der Waals surface area contributed by atoms with E-state index in [1.165, 1.54) is 6.42 Å². The molecule has 1 saturated carbocycles. The van der Waals surface area contributed by atoms with Gasteiger partial charge in [-0.3, -0.25) is 9.59 Å². The second-order valence-electron chi connectivity index (χ2n) is 9.29. The summed E-state index contributed by atoms with van der Waals surface area (Å²) in [7, 11) is 0. The lowest BCUT2D eigenvalue weighted by molar-refractivity contribution is -0.126. The molecule has 1 aliphatic carbocycles. The van der Waals surface area contributed by atoms with Gasteiger partial charge in [-0.15, -0.1) is 0 Å². The Morgan fingerprint density at radius 3 is 2.57 bits per heavy atom. The Labute approximate surface area is 205 Å². The van der Waals surface area contributed by atoms with Crippen LogP contribution in [0.4, 0.5) is 0 Å².